The zero-order valence-electron chi connectivity index (χ0n) is 14.2. The van der Waals surface area contributed by atoms with Crippen LogP contribution in [-0.2, 0) is 16.0 Å². The summed E-state index contributed by atoms with van der Waals surface area (Å²) in [6, 6.07) is 9.30. The van der Waals surface area contributed by atoms with Crippen molar-refractivity contribution < 1.29 is 9.53 Å². The van der Waals surface area contributed by atoms with Gasteiger partial charge in [-0.3, -0.25) is 9.20 Å². The Morgan fingerprint density at radius 2 is 2.04 bits per heavy atom. The van der Waals surface area contributed by atoms with Gasteiger partial charge in [-0.25, -0.2) is 4.98 Å². The number of rotatable bonds is 4. The van der Waals surface area contributed by atoms with E-state index >= 15 is 0 Å². The number of nitrogens with zero attached hydrogens (tertiary/aromatic N) is 4. The average molecular weight is 357 g/mol. The van der Waals surface area contributed by atoms with Crippen molar-refractivity contribution in [2.24, 2.45) is 10.2 Å². The van der Waals surface area contributed by atoms with Gasteiger partial charge in [0.15, 0.2) is 5.82 Å². The van der Waals surface area contributed by atoms with E-state index in [2.05, 4.69) is 15.2 Å². The first-order chi connectivity index (χ1) is 12.0. The van der Waals surface area contributed by atoms with Crippen LogP contribution in [0.25, 0.3) is 5.65 Å². The summed E-state index contributed by atoms with van der Waals surface area (Å²) in [7, 11) is 1.35. The molecule has 0 spiro atoms. The lowest BCUT2D eigenvalue weighted by Gasteiger charge is -2.02. The number of hydrogen-bond donors (Lipinski definition) is 0. The number of azo groups is 1. The predicted octanol–water partition coefficient (Wildman–Crippen LogP) is 4.74. The molecule has 0 saturated heterocycles. The standard InChI is InChI=1S/C18H17ClN4O2/c1-11-6-5-9-23-17(11)20-15(10-16(24)25-3)18(23)22-21-14-8-4-7-13(19)12(14)2/h4-9H,10H2,1-3H3. The number of methoxy groups -OCH3 is 1. The quantitative estimate of drug-likeness (QED) is 0.501. The molecule has 0 aliphatic heterocycles. The van der Waals surface area contributed by atoms with Crippen molar-refractivity contribution in [3.8, 4) is 0 Å². The lowest BCUT2D eigenvalue weighted by atomic mass is 10.2. The number of halogens is 1. The fourth-order valence-corrected chi connectivity index (χ4v) is 2.65. The molecule has 0 radical (unpaired) electrons. The van der Waals surface area contributed by atoms with Gasteiger partial charge < -0.3 is 4.74 Å². The maximum Gasteiger partial charge on any atom is 0.311 e. The molecule has 7 heteroatoms. The summed E-state index contributed by atoms with van der Waals surface area (Å²) in [5, 5.41) is 9.29. The molecule has 3 aromatic rings. The molecule has 25 heavy (non-hydrogen) atoms. The van der Waals surface area contributed by atoms with Crippen molar-refractivity contribution in [2.45, 2.75) is 20.3 Å². The van der Waals surface area contributed by atoms with Crippen LogP contribution in [0.3, 0.4) is 0 Å². The predicted molar refractivity (Wildman–Crippen MR) is 96.0 cm³/mol. The Morgan fingerprint density at radius 1 is 1.24 bits per heavy atom. The third-order valence-corrected chi connectivity index (χ3v) is 4.33. The fourth-order valence-electron chi connectivity index (χ4n) is 2.48. The van der Waals surface area contributed by atoms with E-state index in [0.29, 0.717) is 22.2 Å². The molecule has 0 amide bonds. The number of ether oxygens (including phenoxy) is 1. The van der Waals surface area contributed by atoms with Crippen LogP contribution < -0.4 is 0 Å². The number of esters is 1. The molecule has 2 aromatic heterocycles. The molecule has 0 saturated carbocycles. The summed E-state index contributed by atoms with van der Waals surface area (Å²) in [5.74, 6) is 0.125. The molecule has 0 aliphatic carbocycles. The summed E-state index contributed by atoms with van der Waals surface area (Å²) in [6.07, 6.45) is 1.87. The van der Waals surface area contributed by atoms with Gasteiger partial charge in [0.05, 0.1) is 24.9 Å². The molecule has 0 fully saturated rings. The van der Waals surface area contributed by atoms with Crippen LogP contribution in [0.2, 0.25) is 5.02 Å². The molecule has 6 nitrogen and oxygen atoms in total. The molecular weight excluding hydrogens is 340 g/mol. The third-order valence-electron chi connectivity index (χ3n) is 3.92. The average Bonchev–Trinajstić information content (AvgIpc) is 2.95. The van der Waals surface area contributed by atoms with Crippen molar-refractivity contribution >= 4 is 34.7 Å². The van der Waals surface area contributed by atoms with E-state index in [9.17, 15) is 4.79 Å². The van der Waals surface area contributed by atoms with Gasteiger partial charge in [0.25, 0.3) is 0 Å². The number of fused-ring (bicyclic) bond motifs is 1. The van der Waals surface area contributed by atoms with Crippen LogP contribution in [0.1, 0.15) is 16.8 Å². The van der Waals surface area contributed by atoms with Crippen LogP contribution in [0.15, 0.2) is 46.8 Å². The number of benzene rings is 1. The lowest BCUT2D eigenvalue weighted by Crippen LogP contribution is -2.04. The minimum atomic E-state index is -0.378. The van der Waals surface area contributed by atoms with Crippen molar-refractivity contribution in [1.29, 1.82) is 0 Å². The van der Waals surface area contributed by atoms with Crippen LogP contribution in [-0.4, -0.2) is 22.5 Å². The maximum atomic E-state index is 11.7. The highest BCUT2D eigenvalue weighted by Crippen LogP contribution is 2.29. The smallest absolute Gasteiger partial charge is 0.311 e. The Balaban J connectivity index is 2.11. The van der Waals surface area contributed by atoms with E-state index in [4.69, 9.17) is 16.3 Å². The zero-order valence-corrected chi connectivity index (χ0v) is 14.9. The van der Waals surface area contributed by atoms with Gasteiger partial charge in [-0.05, 0) is 43.2 Å². The molecule has 0 N–H and O–H groups in total. The summed E-state index contributed by atoms with van der Waals surface area (Å²) >= 11 is 6.13. The maximum absolute atomic E-state index is 11.7. The topological polar surface area (TPSA) is 68.3 Å². The second-order valence-corrected chi connectivity index (χ2v) is 6.01. The minimum Gasteiger partial charge on any atom is -0.469 e. The van der Waals surface area contributed by atoms with E-state index in [1.807, 2.05) is 48.7 Å². The summed E-state index contributed by atoms with van der Waals surface area (Å²) in [4.78, 5) is 16.2. The Hall–Kier alpha value is -2.73. The van der Waals surface area contributed by atoms with E-state index < -0.39 is 0 Å². The number of imidazole rings is 1. The molecule has 3 rings (SSSR count). The number of aromatic nitrogens is 2. The van der Waals surface area contributed by atoms with Crippen LogP contribution in [0.5, 0.6) is 0 Å². The van der Waals surface area contributed by atoms with E-state index in [-0.39, 0.29) is 12.4 Å². The molecule has 0 bridgehead atoms. The SMILES string of the molecule is COC(=O)Cc1nc2c(C)cccn2c1N=Nc1cccc(Cl)c1C. The van der Waals surface area contributed by atoms with E-state index in [0.717, 1.165) is 16.8 Å². The van der Waals surface area contributed by atoms with Gasteiger partial charge in [0.1, 0.15) is 5.65 Å². The number of pyridine rings is 1. The molecule has 0 aliphatic rings. The van der Waals surface area contributed by atoms with E-state index in [1.54, 1.807) is 6.07 Å². The van der Waals surface area contributed by atoms with Crippen LogP contribution in [0, 0.1) is 13.8 Å². The fraction of sp³-hybridized carbons (Fsp3) is 0.222. The van der Waals surface area contributed by atoms with E-state index in [1.165, 1.54) is 7.11 Å². The highest BCUT2D eigenvalue weighted by molar-refractivity contribution is 6.31. The number of carbonyl (C=O) groups excluding carboxylic acids is 1. The second kappa shape index (κ2) is 7.03. The molecule has 1 aromatic carbocycles. The molecular formula is C18H17ClN4O2. The third kappa shape index (κ3) is 3.39. The molecule has 128 valence electrons. The summed E-state index contributed by atoms with van der Waals surface area (Å²) in [6.45, 7) is 3.83. The highest BCUT2D eigenvalue weighted by Gasteiger charge is 2.17. The Kier molecular flexibility index (Phi) is 4.81. The summed E-state index contributed by atoms with van der Waals surface area (Å²) < 4.78 is 6.57. The van der Waals surface area contributed by atoms with Gasteiger partial charge in [-0.2, -0.15) is 0 Å². The van der Waals surface area contributed by atoms with Crippen molar-refractivity contribution in [2.75, 3.05) is 7.11 Å². The van der Waals surface area contributed by atoms with Gasteiger partial charge >= 0.3 is 5.97 Å². The zero-order chi connectivity index (χ0) is 18.0. The Labute approximate surface area is 150 Å². The van der Waals surface area contributed by atoms with Gasteiger partial charge in [-0.15, -0.1) is 10.2 Å². The van der Waals surface area contributed by atoms with Crippen molar-refractivity contribution in [3.63, 3.8) is 0 Å². The monoisotopic (exact) mass is 356 g/mol. The second-order valence-electron chi connectivity index (χ2n) is 5.60. The largest absolute Gasteiger partial charge is 0.469 e. The summed E-state index contributed by atoms with van der Waals surface area (Å²) in [5.41, 5.74) is 3.74. The molecule has 2 heterocycles. The van der Waals surface area contributed by atoms with Crippen LogP contribution >= 0.6 is 11.6 Å². The highest BCUT2D eigenvalue weighted by atomic mass is 35.5. The van der Waals surface area contributed by atoms with Crippen molar-refractivity contribution in [3.05, 3.63) is 58.4 Å². The number of hydrogen-bond acceptors (Lipinski definition) is 5. The van der Waals surface area contributed by atoms with Gasteiger partial charge in [0.2, 0.25) is 0 Å². The Bertz CT molecular complexity index is 979. The van der Waals surface area contributed by atoms with Gasteiger partial charge in [-0.1, -0.05) is 23.7 Å². The molecule has 0 unspecified atom stereocenters. The van der Waals surface area contributed by atoms with Gasteiger partial charge in [0, 0.05) is 11.2 Å². The minimum absolute atomic E-state index is 0.0283. The first kappa shape index (κ1) is 17.1. The normalized spacial score (nSPS) is 11.4. The molecule has 0 atom stereocenters. The van der Waals surface area contributed by atoms with Crippen LogP contribution in [0.4, 0.5) is 11.5 Å². The first-order valence-electron chi connectivity index (χ1n) is 7.71. The first-order valence-corrected chi connectivity index (χ1v) is 8.09. The van der Waals surface area contributed by atoms with Crippen molar-refractivity contribution in [1.82, 2.24) is 9.38 Å². The number of carbonyl (C=O) groups is 1. The Morgan fingerprint density at radius 3 is 2.80 bits per heavy atom. The lowest BCUT2D eigenvalue weighted by molar-refractivity contribution is -0.139. The number of aryl methyl sites for hydroxylation is 1.